The molecule has 1 amide bonds. The van der Waals surface area contributed by atoms with Crippen LogP contribution in [-0.2, 0) is 19.5 Å². The van der Waals surface area contributed by atoms with E-state index in [1.165, 1.54) is 10.4 Å². The minimum absolute atomic E-state index is 0.118. The maximum atomic E-state index is 13.1. The van der Waals surface area contributed by atoms with Crippen molar-refractivity contribution in [3.63, 3.8) is 0 Å². The minimum Gasteiger partial charge on any atom is -0.336 e. The SMILES string of the molecule is CCc1c(C(=O)N2CCN(Cc3cccs3)CC2)cnn1Cc1ccccc1. The molecule has 0 atom stereocenters. The van der Waals surface area contributed by atoms with Gasteiger partial charge in [0, 0.05) is 37.6 Å². The Kier molecular flexibility index (Phi) is 5.88. The van der Waals surface area contributed by atoms with Crippen molar-refractivity contribution in [1.29, 1.82) is 0 Å². The van der Waals surface area contributed by atoms with Crippen LogP contribution in [0.25, 0.3) is 0 Å². The number of rotatable bonds is 6. The lowest BCUT2D eigenvalue weighted by Gasteiger charge is -2.34. The lowest BCUT2D eigenvalue weighted by Crippen LogP contribution is -2.48. The lowest BCUT2D eigenvalue weighted by molar-refractivity contribution is 0.0628. The zero-order valence-corrected chi connectivity index (χ0v) is 17.1. The molecule has 3 heterocycles. The van der Waals surface area contributed by atoms with Crippen LogP contribution < -0.4 is 0 Å². The van der Waals surface area contributed by atoms with Gasteiger partial charge < -0.3 is 4.90 Å². The first-order valence-electron chi connectivity index (χ1n) is 9.87. The van der Waals surface area contributed by atoms with Crippen molar-refractivity contribution in [2.24, 2.45) is 0 Å². The monoisotopic (exact) mass is 394 g/mol. The first-order valence-corrected chi connectivity index (χ1v) is 10.7. The molecule has 0 saturated carbocycles. The van der Waals surface area contributed by atoms with Gasteiger partial charge in [-0.2, -0.15) is 5.10 Å². The highest BCUT2D eigenvalue weighted by atomic mass is 32.1. The van der Waals surface area contributed by atoms with Crippen LogP contribution in [0.2, 0.25) is 0 Å². The summed E-state index contributed by atoms with van der Waals surface area (Å²) in [6, 6.07) is 14.5. The van der Waals surface area contributed by atoms with E-state index in [1.54, 1.807) is 17.5 Å². The highest BCUT2D eigenvalue weighted by Gasteiger charge is 2.25. The van der Waals surface area contributed by atoms with Crippen molar-refractivity contribution in [1.82, 2.24) is 19.6 Å². The normalized spacial score (nSPS) is 15.1. The maximum Gasteiger partial charge on any atom is 0.257 e. The standard InChI is InChI=1S/C22H26N4OS/c1-2-21-20(15-23-26(21)16-18-7-4-3-5-8-18)22(27)25-12-10-24(11-13-25)17-19-9-6-14-28-19/h3-9,14-15H,2,10-13,16-17H2,1H3. The van der Waals surface area contributed by atoms with E-state index in [2.05, 4.69) is 46.6 Å². The Balaban J connectivity index is 1.41. The van der Waals surface area contributed by atoms with E-state index in [4.69, 9.17) is 0 Å². The van der Waals surface area contributed by atoms with Gasteiger partial charge in [0.05, 0.1) is 24.0 Å². The number of nitrogens with zero attached hydrogens (tertiary/aromatic N) is 4. The van der Waals surface area contributed by atoms with Crippen molar-refractivity contribution in [2.45, 2.75) is 26.4 Å². The first kappa shape index (κ1) is 18.9. The van der Waals surface area contributed by atoms with Gasteiger partial charge in [-0.3, -0.25) is 14.4 Å². The van der Waals surface area contributed by atoms with E-state index in [1.807, 2.05) is 27.8 Å². The molecule has 0 N–H and O–H groups in total. The summed E-state index contributed by atoms with van der Waals surface area (Å²) in [5, 5.41) is 6.64. The van der Waals surface area contributed by atoms with E-state index in [0.29, 0.717) is 6.54 Å². The summed E-state index contributed by atoms with van der Waals surface area (Å²) in [5.74, 6) is 0.118. The van der Waals surface area contributed by atoms with Crippen LogP contribution in [-0.4, -0.2) is 51.7 Å². The van der Waals surface area contributed by atoms with Crippen molar-refractivity contribution in [3.05, 3.63) is 75.7 Å². The average Bonchev–Trinajstić information content (AvgIpc) is 3.38. The first-order chi connectivity index (χ1) is 13.7. The topological polar surface area (TPSA) is 41.4 Å². The molecule has 1 aliphatic heterocycles. The number of hydrogen-bond donors (Lipinski definition) is 0. The maximum absolute atomic E-state index is 13.1. The van der Waals surface area contributed by atoms with Gasteiger partial charge in [0.2, 0.25) is 0 Å². The number of piperazine rings is 1. The Hall–Kier alpha value is -2.44. The van der Waals surface area contributed by atoms with Gasteiger partial charge >= 0.3 is 0 Å². The van der Waals surface area contributed by atoms with Gasteiger partial charge in [-0.15, -0.1) is 11.3 Å². The summed E-state index contributed by atoms with van der Waals surface area (Å²) in [7, 11) is 0. The fourth-order valence-corrected chi connectivity index (χ4v) is 4.50. The Morgan fingerprint density at radius 2 is 1.82 bits per heavy atom. The number of carbonyl (C=O) groups excluding carboxylic acids is 1. The van der Waals surface area contributed by atoms with E-state index >= 15 is 0 Å². The van der Waals surface area contributed by atoms with Gasteiger partial charge in [-0.25, -0.2) is 0 Å². The Labute approximate surface area is 170 Å². The van der Waals surface area contributed by atoms with Crippen molar-refractivity contribution in [2.75, 3.05) is 26.2 Å². The second kappa shape index (κ2) is 8.71. The van der Waals surface area contributed by atoms with Gasteiger partial charge in [0.25, 0.3) is 5.91 Å². The third kappa shape index (κ3) is 4.18. The van der Waals surface area contributed by atoms with Gasteiger partial charge in [0.1, 0.15) is 0 Å². The van der Waals surface area contributed by atoms with E-state index in [9.17, 15) is 4.79 Å². The van der Waals surface area contributed by atoms with Crippen molar-refractivity contribution in [3.8, 4) is 0 Å². The molecule has 1 aliphatic rings. The van der Waals surface area contributed by atoms with Crippen LogP contribution in [0.1, 0.15) is 33.4 Å². The summed E-state index contributed by atoms with van der Waals surface area (Å²) < 4.78 is 1.97. The molecule has 1 aromatic carbocycles. The fraction of sp³-hybridized carbons (Fsp3) is 0.364. The molecule has 6 heteroatoms. The molecule has 28 heavy (non-hydrogen) atoms. The van der Waals surface area contributed by atoms with E-state index < -0.39 is 0 Å². The van der Waals surface area contributed by atoms with Gasteiger partial charge in [-0.05, 0) is 23.4 Å². The predicted molar refractivity (Wildman–Crippen MR) is 113 cm³/mol. The molecule has 5 nitrogen and oxygen atoms in total. The Morgan fingerprint density at radius 1 is 1.04 bits per heavy atom. The predicted octanol–water partition coefficient (Wildman–Crippen LogP) is 3.51. The molecule has 0 spiro atoms. The molecular formula is C22H26N4OS. The number of hydrogen-bond acceptors (Lipinski definition) is 4. The summed E-state index contributed by atoms with van der Waals surface area (Å²) in [6.07, 6.45) is 2.55. The molecule has 4 rings (SSSR count). The largest absolute Gasteiger partial charge is 0.336 e. The highest BCUT2D eigenvalue weighted by molar-refractivity contribution is 7.09. The molecular weight excluding hydrogens is 368 g/mol. The number of benzene rings is 1. The van der Waals surface area contributed by atoms with Crippen LogP contribution >= 0.6 is 11.3 Å². The number of carbonyl (C=O) groups is 1. The second-order valence-corrected chi connectivity index (χ2v) is 8.18. The third-order valence-corrected chi connectivity index (χ3v) is 6.17. The zero-order valence-electron chi connectivity index (χ0n) is 16.3. The Bertz CT molecular complexity index is 896. The van der Waals surface area contributed by atoms with Crippen LogP contribution in [0.15, 0.2) is 54.0 Å². The van der Waals surface area contributed by atoms with Crippen LogP contribution in [0.4, 0.5) is 0 Å². The van der Waals surface area contributed by atoms with Crippen molar-refractivity contribution < 1.29 is 4.79 Å². The quantitative estimate of drug-likeness (QED) is 0.642. The molecule has 146 valence electrons. The summed E-state index contributed by atoms with van der Waals surface area (Å²) in [4.78, 5) is 18.9. The number of amides is 1. The van der Waals surface area contributed by atoms with Crippen LogP contribution in [0.5, 0.6) is 0 Å². The van der Waals surface area contributed by atoms with Gasteiger partial charge in [-0.1, -0.05) is 43.3 Å². The molecule has 0 bridgehead atoms. The highest BCUT2D eigenvalue weighted by Crippen LogP contribution is 2.18. The molecule has 0 unspecified atom stereocenters. The second-order valence-electron chi connectivity index (χ2n) is 7.15. The molecule has 1 saturated heterocycles. The molecule has 0 radical (unpaired) electrons. The number of thiophene rings is 1. The summed E-state index contributed by atoms with van der Waals surface area (Å²) >= 11 is 1.80. The minimum atomic E-state index is 0.118. The zero-order chi connectivity index (χ0) is 19.3. The fourth-order valence-electron chi connectivity index (χ4n) is 3.76. The van der Waals surface area contributed by atoms with E-state index in [0.717, 1.165) is 50.4 Å². The smallest absolute Gasteiger partial charge is 0.257 e. The molecule has 3 aromatic rings. The summed E-state index contributed by atoms with van der Waals surface area (Å²) in [5.41, 5.74) is 2.97. The summed E-state index contributed by atoms with van der Waals surface area (Å²) in [6.45, 7) is 7.16. The van der Waals surface area contributed by atoms with E-state index in [-0.39, 0.29) is 5.91 Å². The van der Waals surface area contributed by atoms with Crippen LogP contribution in [0.3, 0.4) is 0 Å². The molecule has 0 aliphatic carbocycles. The average molecular weight is 395 g/mol. The Morgan fingerprint density at radius 3 is 2.50 bits per heavy atom. The molecule has 1 fully saturated rings. The van der Waals surface area contributed by atoms with Gasteiger partial charge in [0.15, 0.2) is 0 Å². The van der Waals surface area contributed by atoms with Crippen LogP contribution in [0, 0.1) is 0 Å². The third-order valence-electron chi connectivity index (χ3n) is 5.31. The lowest BCUT2D eigenvalue weighted by atomic mass is 10.1. The molecule has 2 aromatic heterocycles. The van der Waals surface area contributed by atoms with Crippen molar-refractivity contribution >= 4 is 17.2 Å². The number of aromatic nitrogens is 2.